The maximum atomic E-state index is 13.5. The maximum absolute atomic E-state index is 13.5. The van der Waals surface area contributed by atoms with E-state index < -0.39 is 20.5 Å². The second-order valence-electron chi connectivity index (χ2n) is 10.7. The zero-order chi connectivity index (χ0) is 25.4. The Morgan fingerprint density at radius 2 is 1.83 bits per heavy atom. The van der Waals surface area contributed by atoms with Gasteiger partial charge in [-0.2, -0.15) is 0 Å². The summed E-state index contributed by atoms with van der Waals surface area (Å²) in [5.41, 5.74) is 3.83. The molecular formula is C29H35NO4Si. The van der Waals surface area contributed by atoms with Crippen LogP contribution in [-0.4, -0.2) is 33.7 Å². The number of para-hydroxylation sites is 1. The van der Waals surface area contributed by atoms with E-state index in [9.17, 15) is 4.79 Å². The zero-order valence-electron chi connectivity index (χ0n) is 21.6. The third-order valence-electron chi connectivity index (χ3n) is 7.47. The molecule has 0 aromatic heterocycles. The van der Waals surface area contributed by atoms with Gasteiger partial charge in [-0.25, -0.2) is 4.79 Å². The Balaban J connectivity index is 1.83. The second-order valence-corrected chi connectivity index (χ2v) is 15.5. The van der Waals surface area contributed by atoms with Gasteiger partial charge < -0.3 is 13.9 Å². The summed E-state index contributed by atoms with van der Waals surface area (Å²) in [6.07, 6.45) is 8.22. The number of amides is 1. The number of carbonyl (C=O) groups is 1. The molecule has 6 heteroatoms. The first-order valence-electron chi connectivity index (χ1n) is 12.2. The van der Waals surface area contributed by atoms with Crippen molar-refractivity contribution in [3.05, 3.63) is 59.7 Å². The number of methoxy groups -OCH3 is 1. The van der Waals surface area contributed by atoms with Crippen molar-refractivity contribution in [2.45, 2.75) is 70.3 Å². The smallest absolute Gasteiger partial charge is 0.421 e. The number of nitrogens with zero attached hydrogens (tertiary/aromatic N) is 1. The molecule has 2 unspecified atom stereocenters. The minimum Gasteiger partial charge on any atom is -0.497 e. The minimum absolute atomic E-state index is 0.0753. The van der Waals surface area contributed by atoms with Crippen molar-refractivity contribution < 1.29 is 18.7 Å². The van der Waals surface area contributed by atoms with E-state index in [0.29, 0.717) is 5.75 Å². The van der Waals surface area contributed by atoms with E-state index in [1.54, 1.807) is 24.1 Å². The standard InChI is InChI=1S/C29H35NO4Si/c1-8-24-22-15-12-16-26(34-35(6,7)29(2,3)4)27(22)23-19-21(32-5)17-18-25(23)30(24)28(31)33-20-13-10-9-11-14-20/h1,9-11,13-14,17-19,24,26H,12,15-16H2,2-7H3. The number of terminal acetylenes is 1. The number of benzene rings is 2. The summed E-state index contributed by atoms with van der Waals surface area (Å²) < 4.78 is 18.3. The lowest BCUT2D eigenvalue weighted by Gasteiger charge is -2.45. The van der Waals surface area contributed by atoms with Crippen molar-refractivity contribution in [2.75, 3.05) is 12.0 Å². The van der Waals surface area contributed by atoms with Crippen LogP contribution in [0.3, 0.4) is 0 Å². The fourth-order valence-electron chi connectivity index (χ4n) is 4.62. The number of ether oxygens (including phenoxy) is 2. The van der Waals surface area contributed by atoms with Crippen molar-refractivity contribution in [1.29, 1.82) is 0 Å². The average molecular weight is 490 g/mol. The summed E-state index contributed by atoms with van der Waals surface area (Å²) >= 11 is 0. The van der Waals surface area contributed by atoms with Crippen molar-refractivity contribution in [3.8, 4) is 23.8 Å². The van der Waals surface area contributed by atoms with E-state index >= 15 is 0 Å². The van der Waals surface area contributed by atoms with Crippen molar-refractivity contribution in [2.24, 2.45) is 0 Å². The summed E-state index contributed by atoms with van der Waals surface area (Å²) in [6.45, 7) is 11.3. The quantitative estimate of drug-likeness (QED) is 0.341. The number of anilines is 1. The molecule has 5 nitrogen and oxygen atoms in total. The summed E-state index contributed by atoms with van der Waals surface area (Å²) in [6, 6.07) is 14.3. The van der Waals surface area contributed by atoms with E-state index in [-0.39, 0.29) is 11.1 Å². The molecule has 1 aliphatic heterocycles. The molecule has 0 bridgehead atoms. The van der Waals surface area contributed by atoms with Crippen LogP contribution in [0.2, 0.25) is 18.1 Å². The van der Waals surface area contributed by atoms with Crippen LogP contribution in [0, 0.1) is 12.3 Å². The molecule has 2 aromatic rings. The van der Waals surface area contributed by atoms with E-state index in [1.807, 2.05) is 36.4 Å². The van der Waals surface area contributed by atoms with Gasteiger partial charge in [0.15, 0.2) is 8.32 Å². The Labute approximate surface area is 210 Å². The molecule has 0 fully saturated rings. The van der Waals surface area contributed by atoms with Crippen LogP contribution < -0.4 is 14.4 Å². The number of rotatable bonds is 4. The van der Waals surface area contributed by atoms with Crippen LogP contribution in [0.25, 0.3) is 5.57 Å². The third-order valence-corrected chi connectivity index (χ3v) is 12.0. The molecule has 184 valence electrons. The molecule has 2 aromatic carbocycles. The fourth-order valence-corrected chi connectivity index (χ4v) is 5.93. The van der Waals surface area contributed by atoms with Gasteiger partial charge in [-0.3, -0.25) is 4.90 Å². The Kier molecular flexibility index (Phi) is 6.85. The molecule has 0 saturated heterocycles. The van der Waals surface area contributed by atoms with Gasteiger partial charge in [0.25, 0.3) is 0 Å². The van der Waals surface area contributed by atoms with Crippen LogP contribution in [0.15, 0.2) is 54.1 Å². The van der Waals surface area contributed by atoms with Gasteiger partial charge in [-0.05, 0) is 78.9 Å². The lowest BCUT2D eigenvalue weighted by Crippen LogP contribution is -2.49. The topological polar surface area (TPSA) is 48.0 Å². The molecule has 0 radical (unpaired) electrons. The Morgan fingerprint density at radius 3 is 2.46 bits per heavy atom. The number of hydrogen-bond donors (Lipinski definition) is 0. The first-order valence-corrected chi connectivity index (χ1v) is 15.1. The van der Waals surface area contributed by atoms with Gasteiger partial charge in [0.1, 0.15) is 17.5 Å². The second kappa shape index (κ2) is 9.56. The normalized spacial score (nSPS) is 20.0. The van der Waals surface area contributed by atoms with E-state index in [2.05, 4.69) is 39.8 Å². The van der Waals surface area contributed by atoms with Gasteiger partial charge in [0.2, 0.25) is 0 Å². The van der Waals surface area contributed by atoms with E-state index in [4.69, 9.17) is 20.3 Å². The number of hydrogen-bond acceptors (Lipinski definition) is 4. The maximum Gasteiger partial charge on any atom is 0.421 e. The van der Waals surface area contributed by atoms with Gasteiger partial charge in [-0.1, -0.05) is 44.9 Å². The molecule has 1 amide bonds. The summed E-state index contributed by atoms with van der Waals surface area (Å²) in [7, 11) is -0.407. The highest BCUT2D eigenvalue weighted by Gasteiger charge is 2.45. The molecule has 1 heterocycles. The molecule has 0 spiro atoms. The average Bonchev–Trinajstić information content (AvgIpc) is 2.82. The van der Waals surface area contributed by atoms with Crippen molar-refractivity contribution in [3.63, 3.8) is 0 Å². The summed E-state index contributed by atoms with van der Waals surface area (Å²) in [5.74, 6) is 4.10. The van der Waals surface area contributed by atoms with Crippen LogP contribution in [-0.2, 0) is 4.43 Å². The Hall–Kier alpha value is -3.01. The molecule has 1 aliphatic carbocycles. The lowest BCUT2D eigenvalue weighted by atomic mass is 9.78. The lowest BCUT2D eigenvalue weighted by molar-refractivity contribution is 0.203. The first kappa shape index (κ1) is 25.1. The van der Waals surface area contributed by atoms with Gasteiger partial charge >= 0.3 is 6.09 Å². The monoisotopic (exact) mass is 489 g/mol. The Morgan fingerprint density at radius 1 is 1.11 bits per heavy atom. The van der Waals surface area contributed by atoms with E-state index in [0.717, 1.165) is 47.4 Å². The third kappa shape index (κ3) is 4.76. The van der Waals surface area contributed by atoms with Crippen molar-refractivity contribution >= 4 is 25.7 Å². The predicted molar refractivity (Wildman–Crippen MR) is 143 cm³/mol. The molecular weight excluding hydrogens is 454 g/mol. The van der Waals surface area contributed by atoms with Gasteiger partial charge in [-0.15, -0.1) is 6.42 Å². The molecule has 0 saturated carbocycles. The highest BCUT2D eigenvalue weighted by atomic mass is 28.4. The summed E-state index contributed by atoms with van der Waals surface area (Å²) in [4.78, 5) is 15.1. The van der Waals surface area contributed by atoms with Gasteiger partial charge in [0.05, 0.1) is 18.9 Å². The first-order chi connectivity index (χ1) is 16.6. The molecule has 2 atom stereocenters. The largest absolute Gasteiger partial charge is 0.497 e. The van der Waals surface area contributed by atoms with Crippen molar-refractivity contribution in [1.82, 2.24) is 0 Å². The SMILES string of the molecule is C#CC1C2=C(c3cc(OC)ccc3N1C(=O)Oc1ccccc1)C(O[Si](C)(C)C(C)(C)C)CCC2. The van der Waals surface area contributed by atoms with Crippen LogP contribution in [0.5, 0.6) is 11.5 Å². The van der Waals surface area contributed by atoms with Crippen LogP contribution in [0.1, 0.15) is 45.6 Å². The van der Waals surface area contributed by atoms with Crippen LogP contribution in [0.4, 0.5) is 10.5 Å². The summed E-state index contributed by atoms with van der Waals surface area (Å²) in [5, 5.41) is 0.0775. The molecule has 2 aliphatic rings. The van der Waals surface area contributed by atoms with E-state index in [1.165, 1.54) is 0 Å². The highest BCUT2D eigenvalue weighted by Crippen LogP contribution is 2.49. The molecule has 35 heavy (non-hydrogen) atoms. The number of carbonyl (C=O) groups excluding carboxylic acids is 1. The Bertz CT molecular complexity index is 1170. The zero-order valence-corrected chi connectivity index (χ0v) is 22.6. The highest BCUT2D eigenvalue weighted by molar-refractivity contribution is 6.74. The predicted octanol–water partition coefficient (Wildman–Crippen LogP) is 7.04. The van der Waals surface area contributed by atoms with Crippen LogP contribution >= 0.6 is 0 Å². The van der Waals surface area contributed by atoms with Gasteiger partial charge in [0, 0.05) is 5.56 Å². The molecule has 4 rings (SSSR count). The fraction of sp³-hybridized carbons (Fsp3) is 0.414. The number of fused-ring (bicyclic) bond motifs is 2. The molecule has 0 N–H and O–H groups in total. The minimum atomic E-state index is -2.06.